The maximum atomic E-state index is 11.7. The smallest absolute Gasteiger partial charge is 0.185 e. The highest BCUT2D eigenvalue weighted by Crippen LogP contribution is 2.05. The van der Waals surface area contributed by atoms with E-state index in [9.17, 15) is 4.79 Å². The van der Waals surface area contributed by atoms with Gasteiger partial charge in [-0.15, -0.1) is 0 Å². The van der Waals surface area contributed by atoms with Gasteiger partial charge in [-0.2, -0.15) is 0 Å². The van der Waals surface area contributed by atoms with Crippen LogP contribution in [0.25, 0.3) is 6.08 Å². The van der Waals surface area contributed by atoms with Gasteiger partial charge in [0.2, 0.25) is 0 Å². The molecular formula is C19H28O. The average molecular weight is 272 g/mol. The van der Waals surface area contributed by atoms with Crippen LogP contribution in [-0.4, -0.2) is 5.78 Å². The monoisotopic (exact) mass is 272 g/mol. The Labute approximate surface area is 124 Å². The number of hydrogen-bond donors (Lipinski definition) is 0. The molecule has 0 aliphatic heterocycles. The van der Waals surface area contributed by atoms with Gasteiger partial charge in [-0.3, -0.25) is 4.79 Å². The van der Waals surface area contributed by atoms with Crippen LogP contribution in [0.2, 0.25) is 0 Å². The average Bonchev–Trinajstić information content (AvgIpc) is 2.55. The van der Waals surface area contributed by atoms with E-state index in [1.807, 2.05) is 77.1 Å². The third-order valence-electron chi connectivity index (χ3n) is 2.16. The molecule has 1 heteroatoms. The molecule has 1 aromatic rings. The molecule has 0 aromatic heterocycles. The molecule has 0 atom stereocenters. The Morgan fingerprint density at radius 2 is 1.65 bits per heavy atom. The number of allylic oxidation sites excluding steroid dienone is 4. The minimum atomic E-state index is 0.000651. The zero-order valence-corrected chi connectivity index (χ0v) is 13.5. The fraction of sp³-hybridized carbons (Fsp3) is 0.316. The second-order valence-corrected chi connectivity index (χ2v) is 3.38. The van der Waals surface area contributed by atoms with Gasteiger partial charge in [0, 0.05) is 5.57 Å². The molecule has 0 spiro atoms. The first-order chi connectivity index (χ1) is 9.77. The van der Waals surface area contributed by atoms with E-state index < -0.39 is 0 Å². The summed E-state index contributed by atoms with van der Waals surface area (Å²) in [6, 6.07) is 9.76. The number of ketones is 1. The van der Waals surface area contributed by atoms with E-state index in [1.165, 1.54) is 0 Å². The predicted octanol–water partition coefficient (Wildman–Crippen LogP) is 5.84. The van der Waals surface area contributed by atoms with Crippen LogP contribution in [0.1, 0.15) is 46.6 Å². The lowest BCUT2D eigenvalue weighted by molar-refractivity contribution is -0.111. The minimum Gasteiger partial charge on any atom is -0.289 e. The molecule has 0 radical (unpaired) electrons. The van der Waals surface area contributed by atoms with Crippen LogP contribution in [0.3, 0.4) is 0 Å². The maximum absolute atomic E-state index is 11.7. The van der Waals surface area contributed by atoms with E-state index in [1.54, 1.807) is 12.2 Å². The van der Waals surface area contributed by atoms with E-state index >= 15 is 0 Å². The van der Waals surface area contributed by atoms with Crippen molar-refractivity contribution in [1.29, 1.82) is 0 Å². The summed E-state index contributed by atoms with van der Waals surface area (Å²) < 4.78 is 0. The van der Waals surface area contributed by atoms with Crippen molar-refractivity contribution in [2.24, 2.45) is 0 Å². The molecule has 0 N–H and O–H groups in total. The van der Waals surface area contributed by atoms with Crippen molar-refractivity contribution in [2.45, 2.75) is 41.0 Å². The van der Waals surface area contributed by atoms with Gasteiger partial charge in [0.05, 0.1) is 0 Å². The lowest BCUT2D eigenvalue weighted by Gasteiger charge is -1.95. The van der Waals surface area contributed by atoms with E-state index in [2.05, 4.69) is 6.58 Å². The molecule has 20 heavy (non-hydrogen) atoms. The first-order valence-electron chi connectivity index (χ1n) is 7.38. The summed E-state index contributed by atoms with van der Waals surface area (Å²) >= 11 is 0. The summed E-state index contributed by atoms with van der Waals surface area (Å²) in [5, 5.41) is 0. The lowest BCUT2D eigenvalue weighted by Crippen LogP contribution is -1.94. The van der Waals surface area contributed by atoms with Crippen molar-refractivity contribution in [3.63, 3.8) is 0 Å². The van der Waals surface area contributed by atoms with Crippen molar-refractivity contribution in [1.82, 2.24) is 0 Å². The Hall–Kier alpha value is -1.89. The number of benzene rings is 1. The second-order valence-electron chi connectivity index (χ2n) is 3.38. The predicted molar refractivity (Wildman–Crippen MR) is 91.8 cm³/mol. The highest BCUT2D eigenvalue weighted by molar-refractivity contribution is 6.08. The van der Waals surface area contributed by atoms with E-state index in [0.29, 0.717) is 5.57 Å². The molecule has 0 bridgehead atoms. The second kappa shape index (κ2) is 15.2. The summed E-state index contributed by atoms with van der Waals surface area (Å²) in [4.78, 5) is 11.7. The summed E-state index contributed by atoms with van der Waals surface area (Å²) in [7, 11) is 0. The Kier molecular flexibility index (Phi) is 15.5. The Bertz CT molecular complexity index is 411. The molecule has 1 rings (SSSR count). The van der Waals surface area contributed by atoms with Crippen LogP contribution in [-0.2, 0) is 4.79 Å². The van der Waals surface area contributed by atoms with Crippen LogP contribution >= 0.6 is 0 Å². The van der Waals surface area contributed by atoms with E-state index in [4.69, 9.17) is 0 Å². The van der Waals surface area contributed by atoms with Crippen molar-refractivity contribution < 1.29 is 4.79 Å². The first-order valence-corrected chi connectivity index (χ1v) is 7.38. The molecule has 110 valence electrons. The molecule has 0 saturated heterocycles. The van der Waals surface area contributed by atoms with Crippen LogP contribution in [0.15, 0.2) is 60.7 Å². The Morgan fingerprint density at radius 1 is 1.10 bits per heavy atom. The van der Waals surface area contributed by atoms with Gasteiger partial charge in [0.1, 0.15) is 0 Å². The quantitative estimate of drug-likeness (QED) is 0.486. The largest absolute Gasteiger partial charge is 0.289 e. The molecule has 0 amide bonds. The highest BCUT2D eigenvalue weighted by atomic mass is 16.1. The van der Waals surface area contributed by atoms with Crippen molar-refractivity contribution in [3.05, 3.63) is 66.3 Å². The molecule has 0 unspecified atom stereocenters. The van der Waals surface area contributed by atoms with Crippen molar-refractivity contribution in [2.75, 3.05) is 0 Å². The fourth-order valence-electron chi connectivity index (χ4n) is 1.34. The van der Waals surface area contributed by atoms with Gasteiger partial charge in [-0.05, 0) is 18.1 Å². The topological polar surface area (TPSA) is 17.1 Å². The van der Waals surface area contributed by atoms with Gasteiger partial charge >= 0.3 is 0 Å². The number of rotatable bonds is 5. The molecule has 0 aliphatic rings. The normalized spacial score (nSPS) is 9.95. The molecule has 0 heterocycles. The van der Waals surface area contributed by atoms with Gasteiger partial charge in [-0.1, -0.05) is 89.8 Å². The van der Waals surface area contributed by atoms with Gasteiger partial charge < -0.3 is 0 Å². The number of hydrogen-bond acceptors (Lipinski definition) is 1. The molecule has 0 fully saturated rings. The van der Waals surface area contributed by atoms with Crippen LogP contribution in [0, 0.1) is 0 Å². The third kappa shape index (κ3) is 9.09. The van der Waals surface area contributed by atoms with E-state index in [-0.39, 0.29) is 5.78 Å². The van der Waals surface area contributed by atoms with Crippen molar-refractivity contribution >= 4 is 11.9 Å². The maximum Gasteiger partial charge on any atom is 0.185 e. The van der Waals surface area contributed by atoms with Gasteiger partial charge in [-0.25, -0.2) is 0 Å². The molecule has 1 aromatic carbocycles. The van der Waals surface area contributed by atoms with Crippen molar-refractivity contribution in [3.8, 4) is 0 Å². The molecule has 1 nitrogen and oxygen atoms in total. The number of carbonyl (C=O) groups is 1. The highest BCUT2D eigenvalue weighted by Gasteiger charge is 1.99. The van der Waals surface area contributed by atoms with E-state index in [0.717, 1.165) is 12.0 Å². The van der Waals surface area contributed by atoms with Gasteiger partial charge in [0.15, 0.2) is 5.78 Å². The summed E-state index contributed by atoms with van der Waals surface area (Å²) in [5.41, 5.74) is 1.69. The lowest BCUT2D eigenvalue weighted by atomic mass is 10.1. The van der Waals surface area contributed by atoms with Crippen LogP contribution in [0.4, 0.5) is 0 Å². The zero-order valence-electron chi connectivity index (χ0n) is 13.5. The summed E-state index contributed by atoms with van der Waals surface area (Å²) in [5.74, 6) is 0.000651. The standard InChI is InChI=1S/C15H16O.2C2H6/c1-3-8-14(4-2)15(16)12-11-13-9-6-5-7-10-13;2*1-2/h4-12H,2-3H2,1H3;2*1-2H3/b12-11+,14-8+;;. The minimum absolute atomic E-state index is 0.000651. The summed E-state index contributed by atoms with van der Waals surface area (Å²) in [6.07, 6.45) is 7.71. The molecule has 0 aliphatic carbocycles. The third-order valence-corrected chi connectivity index (χ3v) is 2.16. The Morgan fingerprint density at radius 3 is 2.10 bits per heavy atom. The first kappa shape index (κ1) is 20.4. The van der Waals surface area contributed by atoms with Crippen LogP contribution in [0.5, 0.6) is 0 Å². The summed E-state index contributed by atoms with van der Waals surface area (Å²) in [6.45, 7) is 13.6. The Balaban J connectivity index is 0. The SMILES string of the molecule is C=C/C(=C\CC)C(=O)/C=C/c1ccccc1.CC.CC. The van der Waals surface area contributed by atoms with Crippen LogP contribution < -0.4 is 0 Å². The zero-order chi connectivity index (χ0) is 15.8. The fourth-order valence-corrected chi connectivity index (χ4v) is 1.34. The number of carbonyl (C=O) groups excluding carboxylic acids is 1. The molecular weight excluding hydrogens is 244 g/mol. The molecule has 0 saturated carbocycles. The van der Waals surface area contributed by atoms with Gasteiger partial charge in [0.25, 0.3) is 0 Å².